The van der Waals surface area contributed by atoms with Crippen molar-refractivity contribution < 1.29 is 5.11 Å². The zero-order chi connectivity index (χ0) is 22.6. The number of rotatable bonds is 7. The van der Waals surface area contributed by atoms with Crippen molar-refractivity contribution in [3.8, 4) is 6.07 Å². The Balaban J connectivity index is 2.03. The van der Waals surface area contributed by atoms with Crippen molar-refractivity contribution in [3.63, 3.8) is 0 Å². The average Bonchev–Trinajstić information content (AvgIpc) is 2.75. The lowest BCUT2D eigenvalue weighted by Crippen LogP contribution is -2.19. The van der Waals surface area contributed by atoms with E-state index in [-0.39, 0.29) is 5.95 Å². The van der Waals surface area contributed by atoms with Crippen LogP contribution < -0.4 is 5.73 Å². The molecule has 0 aliphatic carbocycles. The molecule has 3 N–H and O–H groups in total. The van der Waals surface area contributed by atoms with Crippen LogP contribution in [0.3, 0.4) is 0 Å². The monoisotopic (exact) mass is 415 g/mol. The van der Waals surface area contributed by atoms with E-state index in [1.165, 1.54) is 0 Å². The van der Waals surface area contributed by atoms with E-state index in [0.29, 0.717) is 35.4 Å². The van der Waals surface area contributed by atoms with E-state index in [1.807, 2.05) is 31.3 Å². The number of nitrogens with zero attached hydrogens (tertiary/aromatic N) is 6. The Hall–Kier alpha value is -3.83. The second-order valence-electron chi connectivity index (χ2n) is 7.56. The summed E-state index contributed by atoms with van der Waals surface area (Å²) in [6.45, 7) is 9.41. The molecule has 0 atom stereocenters. The number of hydrogen-bond donors (Lipinski definition) is 2. The highest BCUT2D eigenvalue weighted by Gasteiger charge is 2.18. The molecule has 31 heavy (non-hydrogen) atoms. The Kier molecular flexibility index (Phi) is 6.28. The topological polar surface area (TPSA) is 124 Å². The highest BCUT2D eigenvalue weighted by atomic mass is 16.3. The van der Waals surface area contributed by atoms with Crippen LogP contribution >= 0.6 is 0 Å². The molecule has 0 radical (unpaired) electrons. The van der Waals surface area contributed by atoms with E-state index in [9.17, 15) is 10.4 Å². The van der Waals surface area contributed by atoms with Gasteiger partial charge in [-0.05, 0) is 44.0 Å². The maximum Gasteiger partial charge on any atom is 0.221 e. The van der Waals surface area contributed by atoms with E-state index >= 15 is 0 Å². The molecular formula is C23H25N7O. The summed E-state index contributed by atoms with van der Waals surface area (Å²) in [6, 6.07) is 13.0. The minimum atomic E-state index is -1.04. The fourth-order valence-corrected chi connectivity index (χ4v) is 3.21. The smallest absolute Gasteiger partial charge is 0.221 e. The van der Waals surface area contributed by atoms with Crippen molar-refractivity contribution in [1.29, 1.82) is 5.26 Å². The van der Waals surface area contributed by atoms with Crippen LogP contribution in [0.25, 0.3) is 16.5 Å². The highest BCUT2D eigenvalue weighted by Crippen LogP contribution is 2.28. The van der Waals surface area contributed by atoms with E-state index in [2.05, 4.69) is 32.8 Å². The Morgan fingerprint density at radius 1 is 1.26 bits per heavy atom. The summed E-state index contributed by atoms with van der Waals surface area (Å²) in [5.74, 6) is 0.0993. The van der Waals surface area contributed by atoms with Crippen LogP contribution in [0.15, 0.2) is 47.7 Å². The molecule has 0 aliphatic heterocycles. The van der Waals surface area contributed by atoms with Crippen LogP contribution in [-0.2, 0) is 12.1 Å². The molecule has 2 heterocycles. The lowest BCUT2D eigenvalue weighted by molar-refractivity contribution is 0.0735. The summed E-state index contributed by atoms with van der Waals surface area (Å²) >= 11 is 0. The molecule has 1 aromatic carbocycles. The fourth-order valence-electron chi connectivity index (χ4n) is 3.21. The van der Waals surface area contributed by atoms with Crippen LogP contribution in [0.2, 0.25) is 0 Å². The number of nitriles is 1. The van der Waals surface area contributed by atoms with Gasteiger partial charge in [0.25, 0.3) is 0 Å². The van der Waals surface area contributed by atoms with Crippen LogP contribution in [-0.4, -0.2) is 31.8 Å². The van der Waals surface area contributed by atoms with Gasteiger partial charge in [-0.3, -0.25) is 9.99 Å². The van der Waals surface area contributed by atoms with Crippen LogP contribution in [0.4, 0.5) is 5.95 Å². The normalized spacial score (nSPS) is 11.9. The third-order valence-electron chi connectivity index (χ3n) is 4.79. The van der Waals surface area contributed by atoms with Crippen molar-refractivity contribution >= 4 is 29.1 Å². The predicted molar refractivity (Wildman–Crippen MR) is 122 cm³/mol. The molecule has 3 aromatic rings. The number of nitrogens with two attached hydrogens (primary N) is 1. The first kappa shape index (κ1) is 21.9. The number of aromatic nitrogens is 3. The Morgan fingerprint density at radius 2 is 2.00 bits per heavy atom. The van der Waals surface area contributed by atoms with E-state index < -0.39 is 5.60 Å². The zero-order valence-electron chi connectivity index (χ0n) is 17.9. The number of allylic oxidation sites excluding steroid dienone is 1. The van der Waals surface area contributed by atoms with Gasteiger partial charge in [0, 0.05) is 18.3 Å². The number of aliphatic hydroxyl groups is 1. The summed E-state index contributed by atoms with van der Waals surface area (Å²) in [5, 5.41) is 26.2. The third-order valence-corrected chi connectivity index (χ3v) is 4.79. The van der Waals surface area contributed by atoms with Crippen LogP contribution in [0, 0.1) is 11.3 Å². The lowest BCUT2D eigenvalue weighted by Gasteiger charge is -2.20. The maximum absolute atomic E-state index is 10.2. The number of anilines is 1. The van der Waals surface area contributed by atoms with E-state index in [1.54, 1.807) is 37.1 Å². The SMILES string of the molecule is C=NN(/C=C(\CC)c1nc(N)nc2c(C#N)cccc12)Cc1cccc(C(C)(C)O)n1. The van der Waals surface area contributed by atoms with Crippen LogP contribution in [0.5, 0.6) is 0 Å². The molecule has 3 rings (SSSR count). The summed E-state index contributed by atoms with van der Waals surface area (Å²) in [4.78, 5) is 13.2. The van der Waals surface area contributed by atoms with Gasteiger partial charge in [-0.2, -0.15) is 10.4 Å². The molecule has 0 bridgehead atoms. The van der Waals surface area contributed by atoms with E-state index in [0.717, 1.165) is 16.7 Å². The van der Waals surface area contributed by atoms with Crippen molar-refractivity contribution in [1.82, 2.24) is 20.0 Å². The van der Waals surface area contributed by atoms with Gasteiger partial charge in [-0.25, -0.2) is 9.97 Å². The third kappa shape index (κ3) is 4.85. The molecule has 8 nitrogen and oxygen atoms in total. The largest absolute Gasteiger partial charge is 0.384 e. The molecule has 0 fully saturated rings. The van der Waals surface area contributed by atoms with Gasteiger partial charge in [0.05, 0.1) is 34.7 Å². The maximum atomic E-state index is 10.2. The lowest BCUT2D eigenvalue weighted by atomic mass is 10.0. The Morgan fingerprint density at radius 3 is 2.65 bits per heavy atom. The molecular weight excluding hydrogens is 390 g/mol. The molecule has 0 saturated heterocycles. The zero-order valence-corrected chi connectivity index (χ0v) is 17.9. The number of fused-ring (bicyclic) bond motifs is 1. The number of hydrogen-bond acceptors (Lipinski definition) is 8. The molecule has 0 amide bonds. The minimum Gasteiger partial charge on any atom is -0.384 e. The Labute approximate surface area is 181 Å². The molecule has 0 unspecified atom stereocenters. The number of nitrogen functional groups attached to an aromatic ring is 1. The number of para-hydroxylation sites is 1. The molecule has 158 valence electrons. The average molecular weight is 416 g/mol. The van der Waals surface area contributed by atoms with Gasteiger partial charge >= 0.3 is 0 Å². The van der Waals surface area contributed by atoms with Gasteiger partial charge in [0.15, 0.2) is 0 Å². The Bertz CT molecular complexity index is 1190. The van der Waals surface area contributed by atoms with E-state index in [4.69, 9.17) is 5.73 Å². The standard InChI is InChI=1S/C23H25N7O/c1-5-15(20-18-10-6-8-16(12-24)21(18)29-22(25)28-20)13-30(26-4)14-17-9-7-11-19(27-17)23(2,3)31/h6-11,13,31H,4-5,14H2,1-3H3,(H2,25,28,29)/b15-13+. The first-order chi connectivity index (χ1) is 14.8. The van der Waals surface area contributed by atoms with Crippen molar-refractivity contribution in [2.75, 3.05) is 5.73 Å². The molecule has 0 aliphatic rings. The second-order valence-corrected chi connectivity index (χ2v) is 7.56. The number of pyridine rings is 1. The number of hydrazone groups is 1. The molecule has 0 spiro atoms. The van der Waals surface area contributed by atoms with Gasteiger partial charge in [-0.15, -0.1) is 0 Å². The van der Waals surface area contributed by atoms with Crippen molar-refractivity contribution in [3.05, 3.63) is 65.2 Å². The minimum absolute atomic E-state index is 0.0993. The fraction of sp³-hybridized carbons (Fsp3) is 0.261. The summed E-state index contributed by atoms with van der Waals surface area (Å²) in [7, 11) is 0. The van der Waals surface area contributed by atoms with Gasteiger partial charge in [0.1, 0.15) is 11.7 Å². The summed E-state index contributed by atoms with van der Waals surface area (Å²) in [5.41, 5.74) is 8.68. The summed E-state index contributed by atoms with van der Waals surface area (Å²) < 4.78 is 0. The van der Waals surface area contributed by atoms with Gasteiger partial charge in [-0.1, -0.05) is 25.1 Å². The molecule has 0 saturated carbocycles. The molecule has 2 aromatic heterocycles. The molecule has 8 heteroatoms. The first-order valence-electron chi connectivity index (χ1n) is 9.86. The number of benzene rings is 1. The summed E-state index contributed by atoms with van der Waals surface area (Å²) in [6.07, 6.45) is 2.48. The van der Waals surface area contributed by atoms with Gasteiger partial charge < -0.3 is 10.8 Å². The van der Waals surface area contributed by atoms with Crippen molar-refractivity contribution in [2.24, 2.45) is 5.10 Å². The first-order valence-corrected chi connectivity index (χ1v) is 9.86. The predicted octanol–water partition coefficient (Wildman–Crippen LogP) is 3.57. The van der Waals surface area contributed by atoms with Crippen LogP contribution in [0.1, 0.15) is 49.8 Å². The second kappa shape index (κ2) is 8.90. The van der Waals surface area contributed by atoms with Crippen molar-refractivity contribution in [2.45, 2.75) is 39.3 Å². The highest BCUT2D eigenvalue weighted by molar-refractivity contribution is 5.93. The van der Waals surface area contributed by atoms with Gasteiger partial charge in [0.2, 0.25) is 5.95 Å². The quantitative estimate of drug-likeness (QED) is 0.446.